The van der Waals surface area contributed by atoms with E-state index in [1.165, 1.54) is 38.5 Å². The van der Waals surface area contributed by atoms with Gasteiger partial charge in [0.05, 0.1) is 0 Å². The Morgan fingerprint density at radius 1 is 1.10 bits per heavy atom. The zero-order valence-electron chi connectivity index (χ0n) is 14.0. The summed E-state index contributed by atoms with van der Waals surface area (Å²) in [6.07, 6.45) is 12.5. The first-order valence-corrected chi connectivity index (χ1v) is 9.20. The van der Waals surface area contributed by atoms with E-state index in [9.17, 15) is 4.79 Å². The van der Waals surface area contributed by atoms with Crippen LogP contribution in [0.3, 0.4) is 0 Å². The van der Waals surface area contributed by atoms with Gasteiger partial charge in [0.15, 0.2) is 0 Å². The van der Waals surface area contributed by atoms with Crippen LogP contribution >= 0.6 is 0 Å². The van der Waals surface area contributed by atoms with Gasteiger partial charge in [-0.3, -0.25) is 4.79 Å². The number of hydrogen-bond donors (Lipinski definition) is 0. The number of carbonyl (C=O) groups is 1. The van der Waals surface area contributed by atoms with Gasteiger partial charge in [-0.25, -0.2) is 0 Å². The molecule has 0 amide bonds. The van der Waals surface area contributed by atoms with E-state index in [4.69, 9.17) is 0 Å². The zero-order valence-corrected chi connectivity index (χ0v) is 14.0. The van der Waals surface area contributed by atoms with E-state index < -0.39 is 0 Å². The van der Waals surface area contributed by atoms with E-state index in [1.807, 2.05) is 0 Å². The third-order valence-electron chi connectivity index (χ3n) is 8.05. The van der Waals surface area contributed by atoms with Crippen molar-refractivity contribution in [1.29, 1.82) is 0 Å². The summed E-state index contributed by atoms with van der Waals surface area (Å²) in [5.74, 6) is 3.67. The highest BCUT2D eigenvalue weighted by Gasteiger charge is 2.59. The third kappa shape index (κ3) is 1.72. The van der Waals surface area contributed by atoms with Gasteiger partial charge in [0.1, 0.15) is 5.78 Å². The molecule has 5 unspecified atom stereocenters. The first-order chi connectivity index (χ1) is 9.97. The molecule has 0 heterocycles. The van der Waals surface area contributed by atoms with E-state index in [2.05, 4.69) is 26.8 Å². The first kappa shape index (κ1) is 14.0. The summed E-state index contributed by atoms with van der Waals surface area (Å²) in [6, 6.07) is 0. The Morgan fingerprint density at radius 2 is 1.86 bits per heavy atom. The molecule has 3 saturated carbocycles. The molecule has 0 spiro atoms. The third-order valence-corrected chi connectivity index (χ3v) is 8.05. The Kier molecular flexibility index (Phi) is 2.98. The molecule has 0 aromatic heterocycles. The van der Waals surface area contributed by atoms with Crippen molar-refractivity contribution in [1.82, 2.24) is 0 Å². The minimum absolute atomic E-state index is 0.0349. The average molecular weight is 286 g/mol. The van der Waals surface area contributed by atoms with Crippen molar-refractivity contribution in [2.24, 2.45) is 34.5 Å². The minimum atomic E-state index is 0.0349. The van der Waals surface area contributed by atoms with Crippen LogP contribution in [0.2, 0.25) is 0 Å². The van der Waals surface area contributed by atoms with E-state index in [1.54, 1.807) is 5.57 Å². The molecule has 4 aliphatic carbocycles. The summed E-state index contributed by atoms with van der Waals surface area (Å²) in [4.78, 5) is 12.4. The summed E-state index contributed by atoms with van der Waals surface area (Å²) in [7, 11) is 0. The maximum atomic E-state index is 12.4. The van der Waals surface area contributed by atoms with Gasteiger partial charge in [0.25, 0.3) is 0 Å². The quantitative estimate of drug-likeness (QED) is 0.562. The van der Waals surface area contributed by atoms with Crippen LogP contribution in [0.5, 0.6) is 0 Å². The van der Waals surface area contributed by atoms with Crippen LogP contribution in [-0.2, 0) is 4.79 Å². The number of carbonyl (C=O) groups excluding carboxylic acids is 1. The molecule has 0 aliphatic heterocycles. The summed E-state index contributed by atoms with van der Waals surface area (Å²) >= 11 is 0. The van der Waals surface area contributed by atoms with Gasteiger partial charge in [-0.1, -0.05) is 32.4 Å². The van der Waals surface area contributed by atoms with Gasteiger partial charge < -0.3 is 0 Å². The molecule has 0 aromatic carbocycles. The van der Waals surface area contributed by atoms with Crippen LogP contribution in [0.1, 0.15) is 72.1 Å². The van der Waals surface area contributed by atoms with Crippen LogP contribution in [0.4, 0.5) is 0 Å². The van der Waals surface area contributed by atoms with Crippen LogP contribution in [0, 0.1) is 34.5 Å². The SMILES string of the molecule is C[C@@H]1CC2C3CCC(=O)C3(C)CCC2C2(C)CCCC=C12. The predicted octanol–water partition coefficient (Wildman–Crippen LogP) is 5.15. The monoisotopic (exact) mass is 286 g/mol. The Labute approximate surface area is 129 Å². The zero-order chi connectivity index (χ0) is 14.8. The molecule has 4 aliphatic rings. The molecule has 3 fully saturated rings. The standard InChI is InChI=1S/C20H30O/c1-13-12-14-16-7-8-18(21)20(16,3)11-9-17(14)19(2)10-5-4-6-15(13)19/h6,13-14,16-17H,4-5,7-12H2,1-3H3/t13-,14?,16?,17?,19?,20?/m1/s1. The van der Waals surface area contributed by atoms with Crippen LogP contribution in [0.25, 0.3) is 0 Å². The van der Waals surface area contributed by atoms with Crippen molar-refractivity contribution < 1.29 is 4.79 Å². The van der Waals surface area contributed by atoms with Crippen molar-refractivity contribution in [2.45, 2.75) is 72.1 Å². The molecule has 116 valence electrons. The second kappa shape index (κ2) is 4.46. The molecule has 0 saturated heterocycles. The van der Waals surface area contributed by atoms with Crippen molar-refractivity contribution in [3.8, 4) is 0 Å². The summed E-state index contributed by atoms with van der Waals surface area (Å²) in [5.41, 5.74) is 2.27. The Hall–Kier alpha value is -0.590. The number of hydrogen-bond acceptors (Lipinski definition) is 1. The Morgan fingerprint density at radius 3 is 2.67 bits per heavy atom. The van der Waals surface area contributed by atoms with Crippen molar-refractivity contribution in [3.05, 3.63) is 11.6 Å². The van der Waals surface area contributed by atoms with Gasteiger partial charge in [0.2, 0.25) is 0 Å². The lowest BCUT2D eigenvalue weighted by atomic mass is 9.46. The van der Waals surface area contributed by atoms with Crippen LogP contribution in [0.15, 0.2) is 11.6 Å². The van der Waals surface area contributed by atoms with Gasteiger partial charge in [-0.2, -0.15) is 0 Å². The van der Waals surface area contributed by atoms with Crippen molar-refractivity contribution in [2.75, 3.05) is 0 Å². The molecular weight excluding hydrogens is 256 g/mol. The largest absolute Gasteiger partial charge is 0.299 e. The second-order valence-corrected chi connectivity index (χ2v) is 8.90. The van der Waals surface area contributed by atoms with Gasteiger partial charge >= 0.3 is 0 Å². The fourth-order valence-corrected chi connectivity index (χ4v) is 6.98. The molecular formula is C20H30O. The molecule has 21 heavy (non-hydrogen) atoms. The van der Waals surface area contributed by atoms with E-state index in [-0.39, 0.29) is 5.41 Å². The van der Waals surface area contributed by atoms with E-state index >= 15 is 0 Å². The second-order valence-electron chi connectivity index (χ2n) is 8.90. The number of Topliss-reactive ketones (excluding diaryl/α,β-unsaturated/α-hetero) is 1. The Balaban J connectivity index is 1.73. The topological polar surface area (TPSA) is 17.1 Å². The number of ketones is 1. The summed E-state index contributed by atoms with van der Waals surface area (Å²) in [6.45, 7) is 7.31. The van der Waals surface area contributed by atoms with Gasteiger partial charge in [0, 0.05) is 11.8 Å². The first-order valence-electron chi connectivity index (χ1n) is 9.20. The van der Waals surface area contributed by atoms with E-state index in [0.717, 1.165) is 30.6 Å². The lowest BCUT2D eigenvalue weighted by Crippen LogP contribution is -2.51. The molecule has 4 rings (SSSR count). The van der Waals surface area contributed by atoms with Crippen LogP contribution < -0.4 is 0 Å². The van der Waals surface area contributed by atoms with Crippen LogP contribution in [-0.4, -0.2) is 5.78 Å². The highest BCUT2D eigenvalue weighted by atomic mass is 16.1. The van der Waals surface area contributed by atoms with Crippen molar-refractivity contribution >= 4 is 5.78 Å². The molecule has 0 N–H and O–H groups in total. The van der Waals surface area contributed by atoms with E-state index in [0.29, 0.717) is 17.1 Å². The molecule has 0 bridgehead atoms. The van der Waals surface area contributed by atoms with Crippen molar-refractivity contribution in [3.63, 3.8) is 0 Å². The average Bonchev–Trinajstić information content (AvgIpc) is 2.75. The molecule has 0 radical (unpaired) electrons. The molecule has 0 aromatic rings. The summed E-state index contributed by atoms with van der Waals surface area (Å²) < 4.78 is 0. The number of rotatable bonds is 0. The maximum absolute atomic E-state index is 12.4. The summed E-state index contributed by atoms with van der Waals surface area (Å²) in [5, 5.41) is 0. The lowest BCUT2D eigenvalue weighted by molar-refractivity contribution is -0.133. The fraction of sp³-hybridized carbons (Fsp3) is 0.850. The fourth-order valence-electron chi connectivity index (χ4n) is 6.98. The minimum Gasteiger partial charge on any atom is -0.299 e. The maximum Gasteiger partial charge on any atom is 0.139 e. The molecule has 6 atom stereocenters. The van der Waals surface area contributed by atoms with Gasteiger partial charge in [-0.05, 0) is 74.0 Å². The predicted molar refractivity (Wildman–Crippen MR) is 85.9 cm³/mol. The number of allylic oxidation sites excluding steroid dienone is 2. The highest BCUT2D eigenvalue weighted by molar-refractivity contribution is 5.87. The van der Waals surface area contributed by atoms with Gasteiger partial charge in [-0.15, -0.1) is 0 Å². The molecule has 1 heteroatoms. The number of fused-ring (bicyclic) bond motifs is 5. The normalized spacial score (nSPS) is 52.7. The Bertz CT molecular complexity index is 504. The lowest BCUT2D eigenvalue weighted by Gasteiger charge is -2.58. The molecule has 1 nitrogen and oxygen atoms in total. The highest BCUT2D eigenvalue weighted by Crippen LogP contribution is 2.65. The smallest absolute Gasteiger partial charge is 0.139 e.